The number of benzene rings is 1. The van der Waals surface area contributed by atoms with E-state index in [-0.39, 0.29) is 11.2 Å². The molecule has 2 aromatic rings. The van der Waals surface area contributed by atoms with E-state index < -0.39 is 4.92 Å². The number of hydrogen-bond donors (Lipinski definition) is 0. The lowest BCUT2D eigenvalue weighted by Gasteiger charge is -2.26. The fraction of sp³-hybridized carbons (Fsp3) is 0.462. The van der Waals surface area contributed by atoms with Crippen LogP contribution in [0.15, 0.2) is 16.8 Å². The minimum atomic E-state index is -0.503. The van der Waals surface area contributed by atoms with Crippen LogP contribution < -0.4 is 4.90 Å². The second kappa shape index (κ2) is 6.65. The Labute approximate surface area is 132 Å². The van der Waals surface area contributed by atoms with Crippen LogP contribution in [0.25, 0.3) is 11.0 Å². The minimum Gasteiger partial charge on any atom is -0.366 e. The first kappa shape index (κ1) is 16.1. The molecule has 0 fully saturated rings. The highest BCUT2D eigenvalue weighted by molar-refractivity contribution is 7.80. The van der Waals surface area contributed by atoms with Crippen molar-refractivity contribution in [2.75, 3.05) is 31.6 Å². The number of rotatable bonds is 6. The number of nitro benzene ring substituents is 1. The Morgan fingerprint density at radius 1 is 1.32 bits per heavy atom. The lowest BCUT2D eigenvalue weighted by Crippen LogP contribution is -2.37. The maximum absolute atomic E-state index is 11.0. The molecule has 2 rings (SSSR count). The third kappa shape index (κ3) is 2.98. The van der Waals surface area contributed by atoms with Crippen molar-refractivity contribution in [3.05, 3.63) is 22.2 Å². The van der Waals surface area contributed by atoms with Crippen LogP contribution >= 0.6 is 12.2 Å². The van der Waals surface area contributed by atoms with E-state index in [1.54, 1.807) is 6.07 Å². The second-order valence-corrected chi connectivity index (χ2v) is 5.22. The molecule has 0 spiro atoms. The van der Waals surface area contributed by atoms with Crippen LogP contribution in [0.1, 0.15) is 13.8 Å². The van der Waals surface area contributed by atoms with Crippen LogP contribution in [0, 0.1) is 10.1 Å². The van der Waals surface area contributed by atoms with Crippen molar-refractivity contribution in [3.63, 3.8) is 0 Å². The van der Waals surface area contributed by atoms with Crippen LogP contribution in [-0.4, -0.2) is 51.8 Å². The zero-order valence-corrected chi connectivity index (χ0v) is 13.5. The lowest BCUT2D eigenvalue weighted by atomic mass is 10.2. The van der Waals surface area contributed by atoms with E-state index >= 15 is 0 Å². The van der Waals surface area contributed by atoms with Crippen molar-refractivity contribution < 1.29 is 9.55 Å². The summed E-state index contributed by atoms with van der Waals surface area (Å²) < 4.78 is 4.67. The Balaban J connectivity index is 2.31. The van der Waals surface area contributed by atoms with E-state index in [0.29, 0.717) is 17.7 Å². The monoisotopic (exact) mass is 323 g/mol. The molecule has 1 aromatic carbocycles. The molecule has 0 N–H and O–H groups in total. The first-order valence-electron chi connectivity index (χ1n) is 6.88. The zero-order chi connectivity index (χ0) is 16.3. The summed E-state index contributed by atoms with van der Waals surface area (Å²) in [6.45, 7) is 6.27. The summed E-state index contributed by atoms with van der Waals surface area (Å²) in [4.78, 5) is 15.3. The van der Waals surface area contributed by atoms with Gasteiger partial charge in [0.05, 0.1) is 22.1 Å². The summed E-state index contributed by atoms with van der Waals surface area (Å²) in [7, 11) is 1.85. The first-order valence-corrected chi connectivity index (χ1v) is 7.29. The second-order valence-electron chi connectivity index (χ2n) is 4.74. The van der Waals surface area contributed by atoms with Gasteiger partial charge in [-0.1, -0.05) is 12.2 Å². The van der Waals surface area contributed by atoms with Gasteiger partial charge in [-0.2, -0.15) is 0 Å². The quantitative estimate of drug-likeness (QED) is 0.454. The SMILES string of the molecule is CCN(CC)C(=S)CN(C)c1ccc([N+](=O)[O-])c2nonc12. The van der Waals surface area contributed by atoms with Crippen LogP contribution in [0.4, 0.5) is 11.4 Å². The molecule has 1 heterocycles. The maximum Gasteiger partial charge on any atom is 0.300 e. The van der Waals surface area contributed by atoms with Crippen molar-refractivity contribution in [1.82, 2.24) is 15.2 Å². The van der Waals surface area contributed by atoms with Gasteiger partial charge in [0.1, 0.15) is 0 Å². The van der Waals surface area contributed by atoms with Gasteiger partial charge in [0, 0.05) is 26.2 Å². The van der Waals surface area contributed by atoms with Gasteiger partial charge >= 0.3 is 5.69 Å². The van der Waals surface area contributed by atoms with Crippen molar-refractivity contribution in [3.8, 4) is 0 Å². The van der Waals surface area contributed by atoms with Crippen LogP contribution in [0.5, 0.6) is 0 Å². The molecule has 9 heteroatoms. The molecule has 0 aliphatic carbocycles. The van der Waals surface area contributed by atoms with Crippen LogP contribution in [0.2, 0.25) is 0 Å². The summed E-state index contributed by atoms with van der Waals surface area (Å²) in [6.07, 6.45) is 0. The number of fused-ring (bicyclic) bond motifs is 1. The fourth-order valence-electron chi connectivity index (χ4n) is 2.26. The van der Waals surface area contributed by atoms with Gasteiger partial charge in [-0.05, 0) is 30.2 Å². The van der Waals surface area contributed by atoms with Crippen molar-refractivity contribution in [2.45, 2.75) is 13.8 Å². The number of nitro groups is 1. The first-order chi connectivity index (χ1) is 10.5. The topological polar surface area (TPSA) is 88.5 Å². The molecular weight excluding hydrogens is 306 g/mol. The molecule has 0 bridgehead atoms. The Morgan fingerprint density at radius 3 is 2.55 bits per heavy atom. The largest absolute Gasteiger partial charge is 0.366 e. The van der Waals surface area contributed by atoms with Gasteiger partial charge in [0.25, 0.3) is 0 Å². The van der Waals surface area contributed by atoms with Gasteiger partial charge in [-0.15, -0.1) is 0 Å². The number of aromatic nitrogens is 2. The highest BCUT2D eigenvalue weighted by atomic mass is 32.1. The Morgan fingerprint density at radius 2 is 1.95 bits per heavy atom. The molecule has 1 aromatic heterocycles. The van der Waals surface area contributed by atoms with Gasteiger partial charge < -0.3 is 9.80 Å². The highest BCUT2D eigenvalue weighted by Crippen LogP contribution is 2.30. The minimum absolute atomic E-state index is 0.125. The third-order valence-corrected chi connectivity index (χ3v) is 3.86. The molecule has 0 amide bonds. The number of non-ortho nitro benzene ring substituents is 1. The van der Waals surface area contributed by atoms with E-state index in [1.165, 1.54) is 6.07 Å². The molecule has 0 saturated carbocycles. The molecule has 0 radical (unpaired) electrons. The molecule has 8 nitrogen and oxygen atoms in total. The zero-order valence-electron chi connectivity index (χ0n) is 12.6. The predicted octanol–water partition coefficient (Wildman–Crippen LogP) is 2.24. The summed E-state index contributed by atoms with van der Waals surface area (Å²) in [6, 6.07) is 3.04. The summed E-state index contributed by atoms with van der Waals surface area (Å²) in [5.74, 6) is 0. The van der Waals surface area contributed by atoms with Gasteiger partial charge in [-0.3, -0.25) is 10.1 Å². The summed E-state index contributed by atoms with van der Waals surface area (Å²) in [5.41, 5.74) is 1.07. The number of hydrogen-bond acceptors (Lipinski definition) is 7. The van der Waals surface area contributed by atoms with E-state index in [0.717, 1.165) is 18.1 Å². The predicted molar refractivity (Wildman–Crippen MR) is 87.2 cm³/mol. The van der Waals surface area contributed by atoms with E-state index in [2.05, 4.69) is 19.8 Å². The van der Waals surface area contributed by atoms with Gasteiger partial charge in [0.2, 0.25) is 5.52 Å². The standard InChI is InChI=1S/C13H17N5O3S/c1-4-17(5-2)11(22)8-16(3)9-6-7-10(18(19)20)13-12(9)14-21-15-13/h6-7H,4-5,8H2,1-3H3. The fourth-order valence-corrected chi connectivity index (χ4v) is 2.71. The normalized spacial score (nSPS) is 10.7. The van der Waals surface area contributed by atoms with Crippen molar-refractivity contribution in [2.24, 2.45) is 0 Å². The molecule has 0 saturated heterocycles. The molecular formula is C13H17N5O3S. The Bertz CT molecular complexity index is 698. The van der Waals surface area contributed by atoms with Gasteiger partial charge in [0.15, 0.2) is 5.52 Å². The number of thiocarbonyl (C=S) groups is 1. The summed E-state index contributed by atoms with van der Waals surface area (Å²) in [5, 5.41) is 18.4. The highest BCUT2D eigenvalue weighted by Gasteiger charge is 2.21. The Hall–Kier alpha value is -2.29. The average Bonchev–Trinajstić information content (AvgIpc) is 2.96. The smallest absolute Gasteiger partial charge is 0.300 e. The maximum atomic E-state index is 11.0. The van der Waals surface area contributed by atoms with E-state index in [1.807, 2.05) is 25.8 Å². The van der Waals surface area contributed by atoms with E-state index in [9.17, 15) is 10.1 Å². The third-order valence-electron chi connectivity index (χ3n) is 3.47. The van der Waals surface area contributed by atoms with Gasteiger partial charge in [-0.25, -0.2) is 4.63 Å². The van der Waals surface area contributed by atoms with Crippen molar-refractivity contribution in [1.29, 1.82) is 0 Å². The van der Waals surface area contributed by atoms with Crippen LogP contribution in [-0.2, 0) is 0 Å². The number of anilines is 1. The average molecular weight is 323 g/mol. The number of likely N-dealkylation sites (N-methyl/N-ethyl adjacent to an activating group) is 2. The molecule has 118 valence electrons. The summed E-state index contributed by atoms with van der Waals surface area (Å²) >= 11 is 5.44. The number of nitrogens with zero attached hydrogens (tertiary/aromatic N) is 5. The van der Waals surface area contributed by atoms with Crippen LogP contribution in [0.3, 0.4) is 0 Å². The molecule has 0 aliphatic heterocycles. The molecule has 0 atom stereocenters. The lowest BCUT2D eigenvalue weighted by molar-refractivity contribution is -0.383. The molecule has 22 heavy (non-hydrogen) atoms. The molecule has 0 unspecified atom stereocenters. The molecule has 0 aliphatic rings. The van der Waals surface area contributed by atoms with Crippen molar-refractivity contribution >= 4 is 39.6 Å². The Kier molecular flexibility index (Phi) is 4.86. The van der Waals surface area contributed by atoms with E-state index in [4.69, 9.17) is 12.2 Å².